The first-order valence-electron chi connectivity index (χ1n) is 7.73. The zero-order valence-corrected chi connectivity index (χ0v) is 12.6. The maximum atomic E-state index is 12.1. The molecule has 1 aromatic rings. The van der Waals surface area contributed by atoms with E-state index in [4.69, 9.17) is 0 Å². The molecule has 1 aliphatic rings. The molecule has 1 aliphatic carbocycles. The Labute approximate surface area is 126 Å². The molecule has 0 radical (unpaired) electrons. The van der Waals surface area contributed by atoms with Gasteiger partial charge in [0, 0.05) is 26.4 Å². The van der Waals surface area contributed by atoms with Crippen molar-refractivity contribution in [2.24, 2.45) is 5.92 Å². The SMILES string of the molecule is CC(=O)NCCCNC(=O)CC(c1ccccc1)C1CC1. The van der Waals surface area contributed by atoms with E-state index in [0.717, 1.165) is 6.42 Å². The number of amides is 2. The van der Waals surface area contributed by atoms with Crippen LogP contribution in [-0.4, -0.2) is 24.9 Å². The fraction of sp³-hybridized carbons (Fsp3) is 0.529. The van der Waals surface area contributed by atoms with E-state index in [1.54, 1.807) is 0 Å². The molecule has 0 bridgehead atoms. The van der Waals surface area contributed by atoms with Gasteiger partial charge in [-0.15, -0.1) is 0 Å². The van der Waals surface area contributed by atoms with E-state index in [1.807, 2.05) is 18.2 Å². The van der Waals surface area contributed by atoms with Gasteiger partial charge in [-0.25, -0.2) is 0 Å². The van der Waals surface area contributed by atoms with Crippen molar-refractivity contribution in [3.63, 3.8) is 0 Å². The molecule has 21 heavy (non-hydrogen) atoms. The summed E-state index contributed by atoms with van der Waals surface area (Å²) in [6.45, 7) is 2.73. The first-order valence-corrected chi connectivity index (χ1v) is 7.73. The molecule has 1 atom stereocenters. The van der Waals surface area contributed by atoms with Crippen LogP contribution in [0.15, 0.2) is 30.3 Å². The molecular weight excluding hydrogens is 264 g/mol. The minimum absolute atomic E-state index is 0.0285. The lowest BCUT2D eigenvalue weighted by molar-refractivity contribution is -0.121. The second-order valence-corrected chi connectivity index (χ2v) is 5.75. The second kappa shape index (κ2) is 7.81. The molecule has 2 amide bonds. The zero-order valence-electron chi connectivity index (χ0n) is 12.6. The largest absolute Gasteiger partial charge is 0.356 e. The molecule has 0 aromatic heterocycles. The zero-order chi connectivity index (χ0) is 15.1. The highest BCUT2D eigenvalue weighted by atomic mass is 16.2. The number of rotatable bonds is 8. The topological polar surface area (TPSA) is 58.2 Å². The van der Waals surface area contributed by atoms with Crippen molar-refractivity contribution in [2.45, 2.75) is 38.5 Å². The third-order valence-corrected chi connectivity index (χ3v) is 3.87. The van der Waals surface area contributed by atoms with E-state index >= 15 is 0 Å². The Bertz CT molecular complexity index is 469. The van der Waals surface area contributed by atoms with E-state index in [1.165, 1.54) is 25.3 Å². The van der Waals surface area contributed by atoms with Crippen LogP contribution in [0.1, 0.15) is 44.1 Å². The Morgan fingerprint density at radius 2 is 1.81 bits per heavy atom. The molecule has 1 unspecified atom stereocenters. The van der Waals surface area contributed by atoms with Gasteiger partial charge >= 0.3 is 0 Å². The lowest BCUT2D eigenvalue weighted by atomic mass is 9.91. The van der Waals surface area contributed by atoms with Crippen molar-refractivity contribution in [1.82, 2.24) is 10.6 Å². The van der Waals surface area contributed by atoms with E-state index in [-0.39, 0.29) is 11.8 Å². The van der Waals surface area contributed by atoms with Crippen LogP contribution in [0.3, 0.4) is 0 Å². The molecule has 0 spiro atoms. The van der Waals surface area contributed by atoms with Gasteiger partial charge in [0.15, 0.2) is 0 Å². The predicted molar refractivity (Wildman–Crippen MR) is 82.8 cm³/mol. The monoisotopic (exact) mass is 288 g/mol. The summed E-state index contributed by atoms with van der Waals surface area (Å²) in [6, 6.07) is 10.3. The van der Waals surface area contributed by atoms with Crippen LogP contribution in [0.2, 0.25) is 0 Å². The van der Waals surface area contributed by atoms with Gasteiger partial charge in [0.1, 0.15) is 0 Å². The van der Waals surface area contributed by atoms with Crippen LogP contribution in [0.5, 0.6) is 0 Å². The summed E-state index contributed by atoms with van der Waals surface area (Å²) in [5.41, 5.74) is 1.27. The Hall–Kier alpha value is -1.84. The Morgan fingerprint density at radius 1 is 1.14 bits per heavy atom. The van der Waals surface area contributed by atoms with Crippen molar-refractivity contribution in [3.05, 3.63) is 35.9 Å². The molecule has 4 heteroatoms. The number of carbonyl (C=O) groups is 2. The third kappa shape index (κ3) is 5.58. The van der Waals surface area contributed by atoms with Gasteiger partial charge in [-0.05, 0) is 36.7 Å². The summed E-state index contributed by atoms with van der Waals surface area (Å²) in [7, 11) is 0. The standard InChI is InChI=1S/C17H24N2O2/c1-13(20)18-10-5-11-19-17(21)12-16(15-8-9-15)14-6-3-2-4-7-14/h2-4,6-7,15-16H,5,8-12H2,1H3,(H,18,20)(H,19,21). The molecule has 2 rings (SSSR count). The normalized spacial score (nSPS) is 15.3. The van der Waals surface area contributed by atoms with Crippen molar-refractivity contribution in [3.8, 4) is 0 Å². The number of carbonyl (C=O) groups excluding carboxylic acids is 2. The summed E-state index contributed by atoms with van der Waals surface area (Å²) >= 11 is 0. The highest BCUT2D eigenvalue weighted by molar-refractivity contribution is 5.77. The van der Waals surface area contributed by atoms with E-state index < -0.39 is 0 Å². The van der Waals surface area contributed by atoms with Crippen molar-refractivity contribution < 1.29 is 9.59 Å². The predicted octanol–water partition coefficient (Wildman–Crippen LogP) is 2.21. The van der Waals surface area contributed by atoms with Crippen LogP contribution >= 0.6 is 0 Å². The minimum Gasteiger partial charge on any atom is -0.356 e. The van der Waals surface area contributed by atoms with Crippen molar-refractivity contribution >= 4 is 11.8 Å². The fourth-order valence-electron chi connectivity index (χ4n) is 2.61. The molecule has 1 saturated carbocycles. The Balaban J connectivity index is 1.73. The highest BCUT2D eigenvalue weighted by Gasteiger charge is 2.33. The van der Waals surface area contributed by atoms with Gasteiger partial charge in [-0.3, -0.25) is 9.59 Å². The molecule has 2 N–H and O–H groups in total. The molecule has 1 aromatic carbocycles. The summed E-state index contributed by atoms with van der Waals surface area (Å²) in [6.07, 6.45) is 3.80. The van der Waals surface area contributed by atoms with Gasteiger partial charge in [0.05, 0.1) is 0 Å². The maximum Gasteiger partial charge on any atom is 0.220 e. The van der Waals surface area contributed by atoms with Crippen LogP contribution < -0.4 is 10.6 Å². The van der Waals surface area contributed by atoms with Gasteiger partial charge < -0.3 is 10.6 Å². The van der Waals surface area contributed by atoms with Gasteiger partial charge in [0.2, 0.25) is 11.8 Å². The van der Waals surface area contributed by atoms with Crippen LogP contribution in [-0.2, 0) is 9.59 Å². The van der Waals surface area contributed by atoms with Crippen LogP contribution in [0, 0.1) is 5.92 Å². The number of hydrogen-bond donors (Lipinski definition) is 2. The Kier molecular flexibility index (Phi) is 5.78. The number of hydrogen-bond acceptors (Lipinski definition) is 2. The highest BCUT2D eigenvalue weighted by Crippen LogP contribution is 2.44. The summed E-state index contributed by atoms with van der Waals surface area (Å²) in [5, 5.41) is 5.67. The fourth-order valence-corrected chi connectivity index (χ4v) is 2.61. The molecule has 0 aliphatic heterocycles. The first kappa shape index (κ1) is 15.5. The lowest BCUT2D eigenvalue weighted by Crippen LogP contribution is -2.29. The van der Waals surface area contributed by atoms with Gasteiger partial charge in [0.25, 0.3) is 0 Å². The minimum atomic E-state index is -0.0285. The smallest absolute Gasteiger partial charge is 0.220 e. The molecule has 114 valence electrons. The third-order valence-electron chi connectivity index (χ3n) is 3.87. The quantitative estimate of drug-likeness (QED) is 0.721. The molecule has 0 heterocycles. The average molecular weight is 288 g/mol. The average Bonchev–Trinajstić information content (AvgIpc) is 3.29. The lowest BCUT2D eigenvalue weighted by Gasteiger charge is -2.16. The van der Waals surface area contributed by atoms with Crippen molar-refractivity contribution in [1.29, 1.82) is 0 Å². The maximum absolute atomic E-state index is 12.1. The van der Waals surface area contributed by atoms with Gasteiger partial charge in [-0.2, -0.15) is 0 Å². The number of nitrogens with one attached hydrogen (secondary N) is 2. The number of benzene rings is 1. The first-order chi connectivity index (χ1) is 10.2. The molecular formula is C17H24N2O2. The van der Waals surface area contributed by atoms with Crippen LogP contribution in [0.25, 0.3) is 0 Å². The molecule has 0 saturated heterocycles. The second-order valence-electron chi connectivity index (χ2n) is 5.75. The molecule has 4 nitrogen and oxygen atoms in total. The van der Waals surface area contributed by atoms with Crippen molar-refractivity contribution in [2.75, 3.05) is 13.1 Å². The van der Waals surface area contributed by atoms with E-state index in [0.29, 0.717) is 31.3 Å². The summed E-state index contributed by atoms with van der Waals surface area (Å²) in [4.78, 5) is 22.8. The summed E-state index contributed by atoms with van der Waals surface area (Å²) in [5.74, 6) is 1.09. The summed E-state index contributed by atoms with van der Waals surface area (Å²) < 4.78 is 0. The van der Waals surface area contributed by atoms with Crippen LogP contribution in [0.4, 0.5) is 0 Å². The van der Waals surface area contributed by atoms with E-state index in [9.17, 15) is 9.59 Å². The van der Waals surface area contributed by atoms with E-state index in [2.05, 4.69) is 22.8 Å². The Morgan fingerprint density at radius 3 is 2.43 bits per heavy atom. The molecule has 1 fully saturated rings. The van der Waals surface area contributed by atoms with Gasteiger partial charge in [-0.1, -0.05) is 30.3 Å².